The van der Waals surface area contributed by atoms with Gasteiger partial charge >= 0.3 is 0 Å². The molecule has 1 aliphatic rings. The first-order valence-electron chi connectivity index (χ1n) is 6.74. The van der Waals surface area contributed by atoms with Crippen LogP contribution in [0.3, 0.4) is 0 Å². The molecule has 1 unspecified atom stereocenters. The van der Waals surface area contributed by atoms with Gasteiger partial charge in [0.25, 0.3) is 0 Å². The van der Waals surface area contributed by atoms with E-state index >= 15 is 0 Å². The monoisotopic (exact) mass is 233 g/mol. The van der Waals surface area contributed by atoms with E-state index in [2.05, 4.69) is 22.9 Å². The summed E-state index contributed by atoms with van der Waals surface area (Å²) in [6.07, 6.45) is 6.75. The van der Waals surface area contributed by atoms with Crippen molar-refractivity contribution in [3.8, 4) is 0 Å². The quantitative estimate of drug-likeness (QED) is 0.867. The van der Waals surface area contributed by atoms with Crippen LogP contribution < -0.4 is 10.6 Å². The Bertz CT molecular complexity index is 351. The van der Waals surface area contributed by atoms with Gasteiger partial charge in [-0.25, -0.2) is 4.98 Å². The number of rotatable bonds is 4. The molecule has 2 N–H and O–H groups in total. The molecule has 3 nitrogen and oxygen atoms in total. The number of nitrogens with two attached hydrogens (primary N) is 1. The van der Waals surface area contributed by atoms with Gasteiger partial charge in [0.2, 0.25) is 0 Å². The Morgan fingerprint density at radius 1 is 1.53 bits per heavy atom. The van der Waals surface area contributed by atoms with Gasteiger partial charge in [-0.2, -0.15) is 0 Å². The van der Waals surface area contributed by atoms with Crippen LogP contribution in [0.5, 0.6) is 0 Å². The number of nitrogens with zero attached hydrogens (tertiary/aromatic N) is 2. The fraction of sp³-hybridized carbons (Fsp3) is 0.643. The summed E-state index contributed by atoms with van der Waals surface area (Å²) >= 11 is 0. The Morgan fingerprint density at radius 2 is 2.41 bits per heavy atom. The van der Waals surface area contributed by atoms with Gasteiger partial charge in [0, 0.05) is 19.3 Å². The molecule has 0 aliphatic carbocycles. The van der Waals surface area contributed by atoms with Crippen LogP contribution in [-0.4, -0.2) is 24.6 Å². The summed E-state index contributed by atoms with van der Waals surface area (Å²) in [7, 11) is 0. The van der Waals surface area contributed by atoms with Gasteiger partial charge < -0.3 is 10.6 Å². The Morgan fingerprint density at radius 3 is 3.18 bits per heavy atom. The van der Waals surface area contributed by atoms with E-state index in [-0.39, 0.29) is 0 Å². The van der Waals surface area contributed by atoms with E-state index in [9.17, 15) is 0 Å². The first kappa shape index (κ1) is 12.4. The smallest absolute Gasteiger partial charge is 0.131 e. The Hall–Kier alpha value is -1.09. The van der Waals surface area contributed by atoms with Crippen molar-refractivity contribution in [3.05, 3.63) is 23.9 Å². The third-order valence-corrected chi connectivity index (χ3v) is 3.68. The zero-order valence-electron chi connectivity index (χ0n) is 10.7. The predicted octanol–water partition coefficient (Wildman–Crippen LogP) is 2.21. The van der Waals surface area contributed by atoms with Crippen LogP contribution >= 0.6 is 0 Å². The highest BCUT2D eigenvalue weighted by Gasteiger charge is 2.20. The Kier molecular flexibility index (Phi) is 4.37. The highest BCUT2D eigenvalue weighted by atomic mass is 15.2. The first-order chi connectivity index (χ1) is 8.35. The lowest BCUT2D eigenvalue weighted by atomic mass is 9.95. The number of piperidine rings is 1. The average Bonchev–Trinajstić information content (AvgIpc) is 2.40. The molecule has 0 bridgehead atoms. The third-order valence-electron chi connectivity index (χ3n) is 3.68. The predicted molar refractivity (Wildman–Crippen MR) is 72.2 cm³/mol. The van der Waals surface area contributed by atoms with Crippen molar-refractivity contribution in [2.45, 2.75) is 32.6 Å². The van der Waals surface area contributed by atoms with E-state index in [0.717, 1.165) is 31.2 Å². The Balaban J connectivity index is 2.15. The number of pyridine rings is 1. The van der Waals surface area contributed by atoms with Gasteiger partial charge in [0.15, 0.2) is 0 Å². The molecular weight excluding hydrogens is 210 g/mol. The summed E-state index contributed by atoms with van der Waals surface area (Å²) in [4.78, 5) is 7.01. The van der Waals surface area contributed by atoms with Crippen molar-refractivity contribution in [2.75, 3.05) is 24.5 Å². The number of hydrogen-bond acceptors (Lipinski definition) is 3. The number of aromatic nitrogens is 1. The largest absolute Gasteiger partial charge is 0.356 e. The molecule has 0 aromatic carbocycles. The van der Waals surface area contributed by atoms with Crippen LogP contribution in [-0.2, 0) is 6.42 Å². The highest BCUT2D eigenvalue weighted by Crippen LogP contribution is 2.25. The fourth-order valence-corrected chi connectivity index (χ4v) is 2.66. The lowest BCUT2D eigenvalue weighted by molar-refractivity contribution is 0.402. The molecule has 17 heavy (non-hydrogen) atoms. The second-order valence-corrected chi connectivity index (χ2v) is 4.89. The van der Waals surface area contributed by atoms with Crippen LogP contribution in [0.4, 0.5) is 5.82 Å². The molecule has 1 aliphatic heterocycles. The van der Waals surface area contributed by atoms with Crippen molar-refractivity contribution < 1.29 is 0 Å². The second kappa shape index (κ2) is 6.01. The summed E-state index contributed by atoms with van der Waals surface area (Å²) in [6, 6.07) is 4.17. The minimum atomic E-state index is 0.698. The van der Waals surface area contributed by atoms with Gasteiger partial charge in [-0.3, -0.25) is 0 Å². The second-order valence-electron chi connectivity index (χ2n) is 4.89. The van der Waals surface area contributed by atoms with Crippen LogP contribution in [0.2, 0.25) is 0 Å². The van der Waals surface area contributed by atoms with Gasteiger partial charge in [0.1, 0.15) is 5.82 Å². The summed E-state index contributed by atoms with van der Waals surface area (Å²) in [5.41, 5.74) is 6.96. The lowest BCUT2D eigenvalue weighted by Crippen LogP contribution is -2.36. The third kappa shape index (κ3) is 2.97. The molecule has 1 atom stereocenters. The fourth-order valence-electron chi connectivity index (χ4n) is 2.66. The maximum atomic E-state index is 5.67. The number of hydrogen-bond donors (Lipinski definition) is 1. The normalized spacial score (nSPS) is 20.6. The van der Waals surface area contributed by atoms with Crippen LogP contribution in [0.15, 0.2) is 18.3 Å². The van der Waals surface area contributed by atoms with Gasteiger partial charge in [-0.15, -0.1) is 0 Å². The zero-order valence-corrected chi connectivity index (χ0v) is 10.7. The molecule has 1 aromatic rings. The molecular formula is C14H23N3. The molecule has 0 radical (unpaired) electrons. The van der Waals surface area contributed by atoms with Crippen molar-refractivity contribution in [1.29, 1.82) is 0 Å². The van der Waals surface area contributed by atoms with E-state index in [1.807, 2.05) is 12.3 Å². The molecule has 1 aromatic heterocycles. The van der Waals surface area contributed by atoms with E-state index in [1.54, 1.807) is 0 Å². The highest BCUT2D eigenvalue weighted by molar-refractivity contribution is 5.47. The first-order valence-corrected chi connectivity index (χ1v) is 6.74. The van der Waals surface area contributed by atoms with Crippen LogP contribution in [0.1, 0.15) is 31.7 Å². The average molecular weight is 233 g/mol. The maximum absolute atomic E-state index is 5.67. The van der Waals surface area contributed by atoms with Gasteiger partial charge in [-0.1, -0.05) is 19.4 Å². The topological polar surface area (TPSA) is 42.2 Å². The van der Waals surface area contributed by atoms with Crippen LogP contribution in [0.25, 0.3) is 0 Å². The molecule has 1 fully saturated rings. The molecule has 0 spiro atoms. The van der Waals surface area contributed by atoms with Gasteiger partial charge in [-0.05, 0) is 43.4 Å². The molecule has 0 amide bonds. The van der Waals surface area contributed by atoms with Crippen LogP contribution in [0, 0.1) is 5.92 Å². The Labute approximate surface area is 104 Å². The lowest BCUT2D eigenvalue weighted by Gasteiger charge is -2.34. The summed E-state index contributed by atoms with van der Waals surface area (Å²) in [5.74, 6) is 1.99. The molecule has 3 heteroatoms. The molecule has 2 heterocycles. The van der Waals surface area contributed by atoms with E-state index < -0.39 is 0 Å². The van der Waals surface area contributed by atoms with E-state index in [0.29, 0.717) is 6.54 Å². The van der Waals surface area contributed by atoms with Crippen molar-refractivity contribution in [2.24, 2.45) is 11.7 Å². The van der Waals surface area contributed by atoms with Crippen molar-refractivity contribution in [1.82, 2.24) is 4.98 Å². The van der Waals surface area contributed by atoms with E-state index in [4.69, 9.17) is 5.73 Å². The number of anilines is 1. The van der Waals surface area contributed by atoms with Gasteiger partial charge in [0.05, 0.1) is 0 Å². The van der Waals surface area contributed by atoms with Crippen molar-refractivity contribution >= 4 is 5.82 Å². The SMILES string of the molecule is CCC1CCCN(c2ncccc2CCN)C1. The maximum Gasteiger partial charge on any atom is 0.131 e. The summed E-state index contributed by atoms with van der Waals surface area (Å²) in [6.45, 7) is 5.29. The minimum absolute atomic E-state index is 0.698. The van der Waals surface area contributed by atoms with E-state index in [1.165, 1.54) is 24.8 Å². The summed E-state index contributed by atoms with van der Waals surface area (Å²) in [5, 5.41) is 0. The molecule has 0 saturated carbocycles. The standard InChI is InChI=1S/C14H23N3/c1-2-12-5-4-10-17(11-12)14-13(7-8-15)6-3-9-16-14/h3,6,9,12H,2,4-5,7-8,10-11,15H2,1H3. The minimum Gasteiger partial charge on any atom is -0.356 e. The zero-order chi connectivity index (χ0) is 12.1. The van der Waals surface area contributed by atoms with Crippen molar-refractivity contribution in [3.63, 3.8) is 0 Å². The molecule has 94 valence electrons. The molecule has 1 saturated heterocycles. The molecule has 2 rings (SSSR count). The summed E-state index contributed by atoms with van der Waals surface area (Å²) < 4.78 is 0.